The first-order chi connectivity index (χ1) is 16.2. The molecule has 1 aromatic heterocycles. The molecule has 0 saturated heterocycles. The summed E-state index contributed by atoms with van der Waals surface area (Å²) in [6.07, 6.45) is -1.00. The lowest BCUT2D eigenvalue weighted by Gasteiger charge is -2.13. The molecule has 2 N–H and O–H groups in total. The average Bonchev–Trinajstić information content (AvgIpc) is 3.25. The molecule has 9 heteroatoms. The van der Waals surface area contributed by atoms with Crippen molar-refractivity contribution in [1.82, 2.24) is 15.4 Å². The summed E-state index contributed by atoms with van der Waals surface area (Å²) in [5.41, 5.74) is 6.76. The third kappa shape index (κ3) is 4.77. The van der Waals surface area contributed by atoms with Crippen LogP contribution in [0.5, 0.6) is 0 Å². The summed E-state index contributed by atoms with van der Waals surface area (Å²) < 4.78 is 38.9. The minimum Gasteiger partial charge on any atom is -0.322 e. The number of hydrogen-bond acceptors (Lipinski definition) is 5. The summed E-state index contributed by atoms with van der Waals surface area (Å²) in [6, 6.07) is 13.4. The van der Waals surface area contributed by atoms with Gasteiger partial charge in [-0.2, -0.15) is 18.4 Å². The van der Waals surface area contributed by atoms with Crippen molar-refractivity contribution in [2.45, 2.75) is 13.1 Å². The lowest BCUT2D eigenvalue weighted by Crippen LogP contribution is -2.23. The van der Waals surface area contributed by atoms with E-state index in [2.05, 4.69) is 21.8 Å². The van der Waals surface area contributed by atoms with Crippen molar-refractivity contribution in [3.8, 4) is 17.2 Å². The topological polar surface area (TPSA) is 81.1 Å². The number of carbonyl (C=O) groups is 1. The molecule has 6 nitrogen and oxygen atoms in total. The van der Waals surface area contributed by atoms with Crippen molar-refractivity contribution >= 4 is 17.2 Å². The first-order valence-corrected chi connectivity index (χ1v) is 10.3. The fourth-order valence-electron chi connectivity index (χ4n) is 3.68. The van der Waals surface area contributed by atoms with Crippen molar-refractivity contribution in [2.24, 2.45) is 0 Å². The van der Waals surface area contributed by atoms with Crippen LogP contribution < -0.4 is 10.7 Å². The maximum absolute atomic E-state index is 13.0. The lowest BCUT2D eigenvalue weighted by molar-refractivity contribution is -0.137. The fourth-order valence-corrected chi connectivity index (χ4v) is 3.68. The highest BCUT2D eigenvalue weighted by molar-refractivity contribution is 6.04. The van der Waals surface area contributed by atoms with E-state index in [0.29, 0.717) is 29.1 Å². The van der Waals surface area contributed by atoms with E-state index in [-0.39, 0.29) is 5.56 Å². The molecule has 0 bridgehead atoms. The van der Waals surface area contributed by atoms with Gasteiger partial charge < -0.3 is 10.3 Å². The molecule has 0 saturated carbocycles. The number of rotatable bonds is 4. The molecule has 0 spiro atoms. The number of anilines is 1. The monoisotopic (exact) mass is 463 g/mol. The Labute approximate surface area is 194 Å². The number of halogens is 3. The van der Waals surface area contributed by atoms with Gasteiger partial charge in [-0.25, -0.2) is 5.43 Å². The number of benzene rings is 2. The minimum absolute atomic E-state index is 0.0989. The zero-order chi connectivity index (χ0) is 24.5. The Kier molecular flexibility index (Phi) is 6.09. The lowest BCUT2D eigenvalue weighted by atomic mass is 9.98. The number of hydrogen-bond donors (Lipinski definition) is 2. The van der Waals surface area contributed by atoms with Crippen LogP contribution in [0.2, 0.25) is 0 Å². The van der Waals surface area contributed by atoms with Crippen LogP contribution in [0.15, 0.2) is 60.9 Å². The summed E-state index contributed by atoms with van der Waals surface area (Å²) in [5, 5.41) is 14.1. The highest BCUT2D eigenvalue weighted by Gasteiger charge is 2.31. The van der Waals surface area contributed by atoms with Crippen molar-refractivity contribution < 1.29 is 18.0 Å². The number of nitrogens with zero attached hydrogens (tertiary/aromatic N) is 3. The van der Waals surface area contributed by atoms with E-state index in [9.17, 15) is 23.2 Å². The Morgan fingerprint density at radius 3 is 2.68 bits per heavy atom. The molecule has 2 heterocycles. The SMILES string of the molecule is Cc1ccc(NC(=O)c2cccc(C(F)(F)F)c2)cc1-c1cnc(C2=CN(C)NC2)c(C#N)c1. The number of amides is 1. The molecule has 34 heavy (non-hydrogen) atoms. The van der Waals surface area contributed by atoms with E-state index >= 15 is 0 Å². The Hall–Kier alpha value is -4.16. The van der Waals surface area contributed by atoms with Crippen LogP contribution >= 0.6 is 0 Å². The number of nitriles is 1. The summed E-state index contributed by atoms with van der Waals surface area (Å²) in [6.45, 7) is 2.44. The summed E-state index contributed by atoms with van der Waals surface area (Å²) in [4.78, 5) is 17.1. The van der Waals surface area contributed by atoms with Gasteiger partial charge in [0.05, 0.1) is 16.8 Å². The van der Waals surface area contributed by atoms with Crippen LogP contribution in [-0.2, 0) is 6.18 Å². The maximum Gasteiger partial charge on any atom is 0.416 e. The van der Waals surface area contributed by atoms with Crippen molar-refractivity contribution in [2.75, 3.05) is 18.9 Å². The van der Waals surface area contributed by atoms with Gasteiger partial charge >= 0.3 is 6.18 Å². The summed E-state index contributed by atoms with van der Waals surface area (Å²) in [5.74, 6) is -0.656. The standard InChI is InChI=1S/C25H20F3N5O/c1-15-6-7-21(32-24(34)16-4-3-5-20(9-16)25(26,27)28)10-22(15)18-8-17(11-29)23(30-12-18)19-13-31-33(2)14-19/h3-10,12,14,31H,13H2,1-2H3,(H,32,34). The van der Waals surface area contributed by atoms with Gasteiger partial charge in [0.1, 0.15) is 6.07 Å². The van der Waals surface area contributed by atoms with Crippen LogP contribution in [0.25, 0.3) is 16.7 Å². The van der Waals surface area contributed by atoms with Crippen LogP contribution in [0.1, 0.15) is 32.7 Å². The Morgan fingerprint density at radius 1 is 1.21 bits per heavy atom. The van der Waals surface area contributed by atoms with Crippen LogP contribution in [0, 0.1) is 18.3 Å². The minimum atomic E-state index is -4.54. The molecule has 0 radical (unpaired) electrons. The van der Waals surface area contributed by atoms with Gasteiger partial charge in [0.15, 0.2) is 0 Å². The zero-order valence-corrected chi connectivity index (χ0v) is 18.4. The molecule has 3 aromatic rings. The Morgan fingerprint density at radius 2 is 2.00 bits per heavy atom. The number of alkyl halides is 3. The van der Waals surface area contributed by atoms with Crippen molar-refractivity contribution in [1.29, 1.82) is 5.26 Å². The van der Waals surface area contributed by atoms with Gasteiger partial charge in [0.25, 0.3) is 5.91 Å². The number of aromatic nitrogens is 1. The molecule has 2 aromatic carbocycles. The summed E-state index contributed by atoms with van der Waals surface area (Å²) in [7, 11) is 1.86. The number of aryl methyl sites for hydroxylation is 1. The predicted octanol–water partition coefficient (Wildman–Crippen LogP) is 4.99. The van der Waals surface area contributed by atoms with Crippen molar-refractivity contribution in [3.05, 3.63) is 88.9 Å². The third-order valence-corrected chi connectivity index (χ3v) is 5.44. The fraction of sp³-hybridized carbons (Fsp3) is 0.160. The van der Waals surface area contributed by atoms with Crippen LogP contribution in [0.4, 0.5) is 18.9 Å². The molecule has 1 amide bonds. The molecule has 0 aliphatic carbocycles. The number of hydrazine groups is 1. The second-order valence-corrected chi connectivity index (χ2v) is 7.89. The average molecular weight is 463 g/mol. The number of carbonyl (C=O) groups excluding carboxylic acids is 1. The van der Waals surface area contributed by atoms with Crippen molar-refractivity contribution in [3.63, 3.8) is 0 Å². The van der Waals surface area contributed by atoms with Crippen LogP contribution in [-0.4, -0.2) is 29.5 Å². The van der Waals surface area contributed by atoms with Gasteiger partial charge in [-0.05, 0) is 54.4 Å². The Bertz CT molecular complexity index is 1340. The van der Waals surface area contributed by atoms with Gasteiger partial charge in [0, 0.05) is 48.4 Å². The van der Waals surface area contributed by atoms with Gasteiger partial charge in [-0.1, -0.05) is 12.1 Å². The first-order valence-electron chi connectivity index (χ1n) is 10.3. The molecular weight excluding hydrogens is 443 g/mol. The molecule has 1 aliphatic rings. The molecule has 4 rings (SSSR count). The second-order valence-electron chi connectivity index (χ2n) is 7.89. The zero-order valence-electron chi connectivity index (χ0n) is 18.4. The smallest absolute Gasteiger partial charge is 0.322 e. The quantitative estimate of drug-likeness (QED) is 0.570. The van der Waals surface area contributed by atoms with E-state index in [1.54, 1.807) is 35.5 Å². The normalized spacial score (nSPS) is 13.4. The van der Waals surface area contributed by atoms with E-state index < -0.39 is 17.6 Å². The van der Waals surface area contributed by atoms with Gasteiger partial charge in [-0.15, -0.1) is 0 Å². The number of nitrogens with one attached hydrogen (secondary N) is 2. The third-order valence-electron chi connectivity index (χ3n) is 5.44. The van der Waals surface area contributed by atoms with E-state index in [0.717, 1.165) is 28.8 Å². The predicted molar refractivity (Wildman–Crippen MR) is 122 cm³/mol. The molecule has 0 atom stereocenters. The molecular formula is C25H20F3N5O. The molecule has 0 fully saturated rings. The number of pyridine rings is 1. The second kappa shape index (κ2) is 9.00. The van der Waals surface area contributed by atoms with Gasteiger partial charge in [-0.3, -0.25) is 9.78 Å². The highest BCUT2D eigenvalue weighted by atomic mass is 19.4. The van der Waals surface area contributed by atoms with E-state index in [1.165, 1.54) is 12.1 Å². The van der Waals surface area contributed by atoms with Crippen LogP contribution in [0.3, 0.4) is 0 Å². The maximum atomic E-state index is 13.0. The van der Waals surface area contributed by atoms with E-state index in [4.69, 9.17) is 0 Å². The molecule has 172 valence electrons. The molecule has 1 aliphatic heterocycles. The largest absolute Gasteiger partial charge is 0.416 e. The molecule has 0 unspecified atom stereocenters. The summed E-state index contributed by atoms with van der Waals surface area (Å²) >= 11 is 0. The van der Waals surface area contributed by atoms with E-state index in [1.807, 2.05) is 20.2 Å². The first kappa shape index (κ1) is 23.0. The highest BCUT2D eigenvalue weighted by Crippen LogP contribution is 2.31. The van der Waals surface area contributed by atoms with Gasteiger partial charge in [0.2, 0.25) is 0 Å². The Balaban J connectivity index is 1.63.